The Balaban J connectivity index is 2.18. The molecule has 110 valence electrons. The molecule has 1 aromatic rings. The molecule has 0 spiro atoms. The van der Waals surface area contributed by atoms with Crippen molar-refractivity contribution < 1.29 is 9.53 Å². The standard InChI is InChI=1S/C13H21N5O2/c1-3-20-9-11-16-10(14-2)8-12(17-11)18-6-4-13(19)15-5-7-18/h8H,3-7,9H2,1-2H3,(H,15,19)(H,14,16,17). The summed E-state index contributed by atoms with van der Waals surface area (Å²) in [6, 6.07) is 1.89. The van der Waals surface area contributed by atoms with Crippen molar-refractivity contribution in [3.05, 3.63) is 11.9 Å². The summed E-state index contributed by atoms with van der Waals surface area (Å²) < 4.78 is 5.37. The van der Waals surface area contributed by atoms with Crippen molar-refractivity contribution in [2.24, 2.45) is 0 Å². The zero-order valence-electron chi connectivity index (χ0n) is 12.0. The summed E-state index contributed by atoms with van der Waals surface area (Å²) in [5.41, 5.74) is 0. The van der Waals surface area contributed by atoms with Crippen LogP contribution >= 0.6 is 0 Å². The molecule has 0 radical (unpaired) electrons. The molecule has 7 nitrogen and oxygen atoms in total. The largest absolute Gasteiger partial charge is 0.374 e. The summed E-state index contributed by atoms with van der Waals surface area (Å²) in [5.74, 6) is 2.32. The fourth-order valence-corrected chi connectivity index (χ4v) is 2.03. The van der Waals surface area contributed by atoms with Gasteiger partial charge in [-0.25, -0.2) is 9.97 Å². The van der Waals surface area contributed by atoms with E-state index in [1.54, 1.807) is 0 Å². The first-order valence-electron chi connectivity index (χ1n) is 6.88. The average molecular weight is 279 g/mol. The van der Waals surface area contributed by atoms with Gasteiger partial charge >= 0.3 is 0 Å². The van der Waals surface area contributed by atoms with Crippen LogP contribution in [0.2, 0.25) is 0 Å². The van der Waals surface area contributed by atoms with Crippen LogP contribution in [-0.2, 0) is 16.1 Å². The number of nitrogens with zero attached hydrogens (tertiary/aromatic N) is 3. The Morgan fingerprint density at radius 3 is 3.05 bits per heavy atom. The van der Waals surface area contributed by atoms with Gasteiger partial charge < -0.3 is 20.3 Å². The SMILES string of the molecule is CCOCc1nc(NC)cc(N2CCNC(=O)CC2)n1. The van der Waals surface area contributed by atoms with Crippen LogP contribution in [-0.4, -0.2) is 49.2 Å². The second-order valence-corrected chi connectivity index (χ2v) is 4.50. The number of hydrogen-bond donors (Lipinski definition) is 2. The topological polar surface area (TPSA) is 79.4 Å². The van der Waals surface area contributed by atoms with E-state index >= 15 is 0 Å². The summed E-state index contributed by atoms with van der Waals surface area (Å²) in [6.45, 7) is 5.02. The number of anilines is 2. The van der Waals surface area contributed by atoms with E-state index in [1.165, 1.54) is 0 Å². The quantitative estimate of drug-likeness (QED) is 0.811. The summed E-state index contributed by atoms with van der Waals surface area (Å²) in [6.07, 6.45) is 0.486. The lowest BCUT2D eigenvalue weighted by Gasteiger charge is -2.21. The van der Waals surface area contributed by atoms with E-state index in [0.29, 0.717) is 38.5 Å². The lowest BCUT2D eigenvalue weighted by Crippen LogP contribution is -2.29. The summed E-state index contributed by atoms with van der Waals surface area (Å²) >= 11 is 0. The van der Waals surface area contributed by atoms with Crippen molar-refractivity contribution in [2.45, 2.75) is 20.0 Å². The number of nitrogens with one attached hydrogen (secondary N) is 2. The predicted molar refractivity (Wildman–Crippen MR) is 76.7 cm³/mol. The number of aromatic nitrogens is 2. The normalized spacial score (nSPS) is 15.7. The molecule has 1 saturated heterocycles. The lowest BCUT2D eigenvalue weighted by molar-refractivity contribution is -0.120. The van der Waals surface area contributed by atoms with Gasteiger partial charge in [-0.3, -0.25) is 4.79 Å². The van der Waals surface area contributed by atoms with Gasteiger partial charge in [0.2, 0.25) is 5.91 Å². The Labute approximate surface area is 118 Å². The molecule has 2 N–H and O–H groups in total. The van der Waals surface area contributed by atoms with Crippen LogP contribution in [0, 0.1) is 0 Å². The number of carbonyl (C=O) groups is 1. The Morgan fingerprint density at radius 2 is 2.30 bits per heavy atom. The zero-order valence-corrected chi connectivity index (χ0v) is 12.0. The van der Waals surface area contributed by atoms with Gasteiger partial charge in [-0.05, 0) is 6.92 Å². The number of hydrogen-bond acceptors (Lipinski definition) is 6. The van der Waals surface area contributed by atoms with Crippen molar-refractivity contribution >= 4 is 17.5 Å². The molecular formula is C13H21N5O2. The minimum atomic E-state index is 0.0879. The maximum absolute atomic E-state index is 11.4. The maximum Gasteiger partial charge on any atom is 0.221 e. The van der Waals surface area contributed by atoms with E-state index in [2.05, 4.69) is 25.5 Å². The molecule has 1 aliphatic rings. The molecule has 0 unspecified atom stereocenters. The molecule has 20 heavy (non-hydrogen) atoms. The van der Waals surface area contributed by atoms with Crippen LogP contribution < -0.4 is 15.5 Å². The molecule has 0 atom stereocenters. The molecular weight excluding hydrogens is 258 g/mol. The van der Waals surface area contributed by atoms with Gasteiger partial charge in [0.25, 0.3) is 0 Å². The lowest BCUT2D eigenvalue weighted by atomic mass is 10.3. The fourth-order valence-electron chi connectivity index (χ4n) is 2.03. The van der Waals surface area contributed by atoms with Crippen LogP contribution in [0.4, 0.5) is 11.6 Å². The number of ether oxygens (including phenoxy) is 1. The van der Waals surface area contributed by atoms with E-state index in [-0.39, 0.29) is 5.91 Å². The Bertz CT molecular complexity index is 466. The second-order valence-electron chi connectivity index (χ2n) is 4.50. The molecule has 2 heterocycles. The third-order valence-electron chi connectivity index (χ3n) is 3.09. The van der Waals surface area contributed by atoms with E-state index in [4.69, 9.17) is 4.74 Å². The van der Waals surface area contributed by atoms with E-state index in [1.807, 2.05) is 20.0 Å². The molecule has 0 aromatic carbocycles. The molecule has 1 amide bonds. The van der Waals surface area contributed by atoms with Gasteiger partial charge in [-0.2, -0.15) is 0 Å². The van der Waals surface area contributed by atoms with Crippen molar-refractivity contribution in [3.8, 4) is 0 Å². The van der Waals surface area contributed by atoms with Crippen LogP contribution in [0.3, 0.4) is 0 Å². The maximum atomic E-state index is 11.4. The highest BCUT2D eigenvalue weighted by Gasteiger charge is 2.16. The van der Waals surface area contributed by atoms with E-state index in [0.717, 1.165) is 18.2 Å². The van der Waals surface area contributed by atoms with E-state index < -0.39 is 0 Å². The molecule has 0 aliphatic carbocycles. The van der Waals surface area contributed by atoms with Crippen molar-refractivity contribution in [2.75, 3.05) is 43.5 Å². The van der Waals surface area contributed by atoms with Crippen molar-refractivity contribution in [3.63, 3.8) is 0 Å². The fraction of sp³-hybridized carbons (Fsp3) is 0.615. The third-order valence-corrected chi connectivity index (χ3v) is 3.09. The third kappa shape index (κ3) is 3.80. The molecule has 1 fully saturated rings. The molecule has 0 bridgehead atoms. The van der Waals surface area contributed by atoms with Crippen LogP contribution in [0.15, 0.2) is 6.07 Å². The van der Waals surface area contributed by atoms with Crippen LogP contribution in [0.5, 0.6) is 0 Å². The first-order valence-corrected chi connectivity index (χ1v) is 6.88. The Hall–Kier alpha value is -1.89. The molecule has 7 heteroatoms. The highest BCUT2D eigenvalue weighted by molar-refractivity contribution is 5.77. The van der Waals surface area contributed by atoms with Gasteiger partial charge in [0, 0.05) is 45.8 Å². The highest BCUT2D eigenvalue weighted by atomic mass is 16.5. The van der Waals surface area contributed by atoms with Crippen LogP contribution in [0.1, 0.15) is 19.2 Å². The van der Waals surface area contributed by atoms with E-state index in [9.17, 15) is 4.79 Å². The van der Waals surface area contributed by atoms with Gasteiger partial charge in [-0.1, -0.05) is 0 Å². The van der Waals surface area contributed by atoms with Crippen molar-refractivity contribution in [1.82, 2.24) is 15.3 Å². The first-order chi connectivity index (χ1) is 9.72. The van der Waals surface area contributed by atoms with Gasteiger partial charge in [0.15, 0.2) is 5.82 Å². The summed E-state index contributed by atoms with van der Waals surface area (Å²) in [4.78, 5) is 22.4. The van der Waals surface area contributed by atoms with Crippen LogP contribution in [0.25, 0.3) is 0 Å². The minimum absolute atomic E-state index is 0.0879. The van der Waals surface area contributed by atoms with Crippen molar-refractivity contribution in [1.29, 1.82) is 0 Å². The average Bonchev–Trinajstić information content (AvgIpc) is 2.69. The second kappa shape index (κ2) is 7.04. The predicted octanol–water partition coefficient (Wildman–Crippen LogP) is 0.381. The number of amides is 1. The highest BCUT2D eigenvalue weighted by Crippen LogP contribution is 2.17. The smallest absolute Gasteiger partial charge is 0.221 e. The number of rotatable bonds is 5. The first kappa shape index (κ1) is 14.5. The van der Waals surface area contributed by atoms with Gasteiger partial charge in [0.05, 0.1) is 0 Å². The van der Waals surface area contributed by atoms with Gasteiger partial charge in [0.1, 0.15) is 18.2 Å². The molecule has 1 aliphatic heterocycles. The summed E-state index contributed by atoms with van der Waals surface area (Å²) in [7, 11) is 1.82. The zero-order chi connectivity index (χ0) is 14.4. The Morgan fingerprint density at radius 1 is 1.45 bits per heavy atom. The Kier molecular flexibility index (Phi) is 5.11. The minimum Gasteiger partial charge on any atom is -0.374 e. The number of carbonyl (C=O) groups excluding carboxylic acids is 1. The summed E-state index contributed by atoms with van der Waals surface area (Å²) in [5, 5.41) is 5.89. The molecule has 2 rings (SSSR count). The van der Waals surface area contributed by atoms with Gasteiger partial charge in [-0.15, -0.1) is 0 Å². The molecule has 1 aromatic heterocycles. The monoisotopic (exact) mass is 279 g/mol. The molecule has 0 saturated carbocycles.